The Balaban J connectivity index is 1.94. The van der Waals surface area contributed by atoms with Crippen molar-refractivity contribution in [3.8, 4) is 0 Å². The Labute approximate surface area is 96.7 Å². The van der Waals surface area contributed by atoms with Crippen LogP contribution in [0.4, 0.5) is 4.79 Å². The van der Waals surface area contributed by atoms with Crippen LogP contribution in [0, 0.1) is 0 Å². The topological polar surface area (TPSA) is 70.4 Å². The van der Waals surface area contributed by atoms with Gasteiger partial charge >= 0.3 is 6.03 Å². The van der Waals surface area contributed by atoms with Gasteiger partial charge in [0.25, 0.3) is 0 Å². The molecule has 0 aromatic heterocycles. The number of carbonyl (C=O) groups excluding carboxylic acids is 1. The molecule has 2 heterocycles. The van der Waals surface area contributed by atoms with E-state index in [-0.39, 0.29) is 6.17 Å². The molecule has 4 N–H and O–H groups in total. The number of nitrogens with one attached hydrogen (secondary N) is 2. The summed E-state index contributed by atoms with van der Waals surface area (Å²) in [6.45, 7) is 3.27. The second-order valence-electron chi connectivity index (χ2n) is 4.74. The van der Waals surface area contributed by atoms with Gasteiger partial charge in [-0.15, -0.1) is 0 Å². The molecule has 2 amide bonds. The lowest BCUT2D eigenvalue weighted by Crippen LogP contribution is -2.57. The Morgan fingerprint density at radius 2 is 2.00 bits per heavy atom. The zero-order valence-corrected chi connectivity index (χ0v) is 9.74. The summed E-state index contributed by atoms with van der Waals surface area (Å²) in [5.74, 6) is 0. The summed E-state index contributed by atoms with van der Waals surface area (Å²) in [5.41, 5.74) is 5.23. The first kappa shape index (κ1) is 11.7. The zero-order valence-electron chi connectivity index (χ0n) is 9.74. The normalized spacial score (nSPS) is 28.9. The Hall–Kier alpha value is -0.810. The summed E-state index contributed by atoms with van der Waals surface area (Å²) >= 11 is 0. The molecule has 0 spiro atoms. The van der Waals surface area contributed by atoms with E-state index in [0.29, 0.717) is 6.04 Å². The van der Waals surface area contributed by atoms with Gasteiger partial charge in [0.05, 0.1) is 6.17 Å². The molecule has 2 saturated heterocycles. The molecule has 0 aromatic carbocycles. The Morgan fingerprint density at radius 1 is 1.25 bits per heavy atom. The van der Waals surface area contributed by atoms with Gasteiger partial charge in [0.2, 0.25) is 0 Å². The van der Waals surface area contributed by atoms with Gasteiger partial charge in [-0.25, -0.2) is 4.79 Å². The van der Waals surface area contributed by atoms with E-state index >= 15 is 0 Å². The molecule has 5 heteroatoms. The van der Waals surface area contributed by atoms with Crippen molar-refractivity contribution in [2.75, 3.05) is 19.6 Å². The maximum atomic E-state index is 11.0. The highest BCUT2D eigenvalue weighted by molar-refractivity contribution is 5.71. The number of piperidine rings is 2. The first-order valence-corrected chi connectivity index (χ1v) is 6.30. The maximum absolute atomic E-state index is 11.0. The van der Waals surface area contributed by atoms with Crippen LogP contribution in [0.25, 0.3) is 0 Å². The van der Waals surface area contributed by atoms with Crippen LogP contribution in [0.5, 0.6) is 0 Å². The van der Waals surface area contributed by atoms with E-state index in [0.717, 1.165) is 26.1 Å². The summed E-state index contributed by atoms with van der Waals surface area (Å²) in [4.78, 5) is 13.4. The van der Waals surface area contributed by atoms with E-state index in [9.17, 15) is 4.79 Å². The molecule has 0 bridgehead atoms. The molecule has 2 fully saturated rings. The molecule has 16 heavy (non-hydrogen) atoms. The van der Waals surface area contributed by atoms with Crippen molar-refractivity contribution < 1.29 is 4.79 Å². The minimum atomic E-state index is -0.397. The van der Waals surface area contributed by atoms with Crippen molar-refractivity contribution in [1.82, 2.24) is 15.5 Å². The van der Waals surface area contributed by atoms with Crippen LogP contribution in [0.2, 0.25) is 0 Å². The molecule has 0 saturated carbocycles. The second kappa shape index (κ2) is 5.50. The van der Waals surface area contributed by atoms with E-state index in [1.165, 1.54) is 25.7 Å². The SMILES string of the molecule is NC(=O)NC1CCCCN1C1CCNCC1. The van der Waals surface area contributed by atoms with Crippen molar-refractivity contribution in [3.05, 3.63) is 0 Å². The summed E-state index contributed by atoms with van der Waals surface area (Å²) in [6, 6.07) is 0.212. The van der Waals surface area contributed by atoms with Crippen LogP contribution in [0.3, 0.4) is 0 Å². The third kappa shape index (κ3) is 2.86. The number of likely N-dealkylation sites (tertiary alicyclic amines) is 1. The van der Waals surface area contributed by atoms with Gasteiger partial charge in [-0.1, -0.05) is 0 Å². The van der Waals surface area contributed by atoms with E-state index < -0.39 is 6.03 Å². The molecule has 2 rings (SSSR count). The standard InChI is InChI=1S/C11H22N4O/c12-11(16)14-10-3-1-2-8-15(10)9-4-6-13-7-5-9/h9-10,13H,1-8H2,(H3,12,14,16). The Morgan fingerprint density at radius 3 is 2.69 bits per heavy atom. The minimum absolute atomic E-state index is 0.161. The van der Waals surface area contributed by atoms with Crippen LogP contribution in [0.15, 0.2) is 0 Å². The van der Waals surface area contributed by atoms with Gasteiger partial charge in [0.15, 0.2) is 0 Å². The molecule has 1 unspecified atom stereocenters. The predicted octanol–water partition coefficient (Wildman–Crippen LogP) is 0.219. The van der Waals surface area contributed by atoms with Gasteiger partial charge in [-0.05, 0) is 45.2 Å². The van der Waals surface area contributed by atoms with Crippen molar-refractivity contribution in [1.29, 1.82) is 0 Å². The van der Waals surface area contributed by atoms with Crippen molar-refractivity contribution in [2.24, 2.45) is 5.73 Å². The number of hydrogen-bond acceptors (Lipinski definition) is 3. The number of nitrogens with zero attached hydrogens (tertiary/aromatic N) is 1. The maximum Gasteiger partial charge on any atom is 0.313 e. The Bertz CT molecular complexity index is 240. The Kier molecular flexibility index (Phi) is 4.01. The summed E-state index contributed by atoms with van der Waals surface area (Å²) < 4.78 is 0. The van der Waals surface area contributed by atoms with Crippen LogP contribution in [-0.4, -0.2) is 42.8 Å². The van der Waals surface area contributed by atoms with Gasteiger partial charge in [0.1, 0.15) is 0 Å². The van der Waals surface area contributed by atoms with Crippen molar-refractivity contribution >= 4 is 6.03 Å². The van der Waals surface area contributed by atoms with Crippen molar-refractivity contribution in [2.45, 2.75) is 44.3 Å². The number of carbonyl (C=O) groups is 1. The van der Waals surface area contributed by atoms with Gasteiger partial charge < -0.3 is 16.4 Å². The fraction of sp³-hybridized carbons (Fsp3) is 0.909. The molecule has 0 aromatic rings. The lowest BCUT2D eigenvalue weighted by atomic mass is 9.99. The van der Waals surface area contributed by atoms with Crippen LogP contribution in [-0.2, 0) is 0 Å². The average Bonchev–Trinajstić information content (AvgIpc) is 2.30. The molecule has 5 nitrogen and oxygen atoms in total. The minimum Gasteiger partial charge on any atom is -0.352 e. The number of urea groups is 1. The number of amides is 2. The molecule has 0 radical (unpaired) electrons. The highest BCUT2D eigenvalue weighted by atomic mass is 16.2. The molecule has 0 aliphatic carbocycles. The fourth-order valence-corrected chi connectivity index (χ4v) is 2.85. The highest BCUT2D eigenvalue weighted by Crippen LogP contribution is 2.22. The fourth-order valence-electron chi connectivity index (χ4n) is 2.85. The molecule has 1 atom stereocenters. The number of primary amides is 1. The van der Waals surface area contributed by atoms with Crippen LogP contribution >= 0.6 is 0 Å². The zero-order chi connectivity index (χ0) is 11.4. The van der Waals surface area contributed by atoms with E-state index in [1.54, 1.807) is 0 Å². The molecular weight excluding hydrogens is 204 g/mol. The van der Waals surface area contributed by atoms with E-state index in [1.807, 2.05) is 0 Å². The quantitative estimate of drug-likeness (QED) is 0.631. The van der Waals surface area contributed by atoms with Crippen LogP contribution < -0.4 is 16.4 Å². The van der Waals surface area contributed by atoms with Gasteiger partial charge in [-0.3, -0.25) is 4.90 Å². The number of nitrogens with two attached hydrogens (primary N) is 1. The number of rotatable bonds is 2. The van der Waals surface area contributed by atoms with E-state index in [2.05, 4.69) is 15.5 Å². The summed E-state index contributed by atoms with van der Waals surface area (Å²) in [6.07, 6.45) is 5.97. The van der Waals surface area contributed by atoms with Crippen LogP contribution in [0.1, 0.15) is 32.1 Å². The summed E-state index contributed by atoms with van der Waals surface area (Å²) in [7, 11) is 0. The molecule has 2 aliphatic rings. The monoisotopic (exact) mass is 226 g/mol. The van der Waals surface area contributed by atoms with Gasteiger partial charge in [-0.2, -0.15) is 0 Å². The molecule has 92 valence electrons. The molecule has 2 aliphatic heterocycles. The average molecular weight is 226 g/mol. The lowest BCUT2D eigenvalue weighted by Gasteiger charge is -2.42. The lowest BCUT2D eigenvalue weighted by molar-refractivity contribution is 0.0636. The first-order chi connectivity index (χ1) is 7.77. The molecular formula is C11H22N4O. The summed E-state index contributed by atoms with van der Waals surface area (Å²) in [5, 5.41) is 6.24. The predicted molar refractivity (Wildman–Crippen MR) is 63.0 cm³/mol. The smallest absolute Gasteiger partial charge is 0.313 e. The third-order valence-corrected chi connectivity index (χ3v) is 3.63. The number of hydrogen-bond donors (Lipinski definition) is 3. The third-order valence-electron chi connectivity index (χ3n) is 3.63. The second-order valence-corrected chi connectivity index (χ2v) is 4.74. The first-order valence-electron chi connectivity index (χ1n) is 6.30. The van der Waals surface area contributed by atoms with Crippen molar-refractivity contribution in [3.63, 3.8) is 0 Å². The van der Waals surface area contributed by atoms with E-state index in [4.69, 9.17) is 5.73 Å². The van der Waals surface area contributed by atoms with Gasteiger partial charge in [0, 0.05) is 12.6 Å². The largest absolute Gasteiger partial charge is 0.352 e. The highest BCUT2D eigenvalue weighted by Gasteiger charge is 2.30.